The number of piperidine rings is 1. The monoisotopic (exact) mass is 304 g/mol. The lowest BCUT2D eigenvalue weighted by atomic mass is 10.1. The van der Waals surface area contributed by atoms with E-state index in [2.05, 4.69) is 5.32 Å². The molecule has 0 amide bonds. The number of sulfonamides is 1. The summed E-state index contributed by atoms with van der Waals surface area (Å²) >= 11 is 0. The van der Waals surface area contributed by atoms with E-state index in [4.69, 9.17) is 0 Å². The number of rotatable bonds is 3. The summed E-state index contributed by atoms with van der Waals surface area (Å²) in [6.07, 6.45) is 1.92. The smallest absolute Gasteiger partial charge is 0.243 e. The van der Waals surface area contributed by atoms with Crippen LogP contribution in [-0.4, -0.2) is 38.9 Å². The van der Waals surface area contributed by atoms with Crippen molar-refractivity contribution in [2.24, 2.45) is 0 Å². The van der Waals surface area contributed by atoms with Gasteiger partial charge in [-0.25, -0.2) is 8.42 Å². The van der Waals surface area contributed by atoms with Crippen LogP contribution in [0.25, 0.3) is 10.8 Å². The molecular weight excluding hydrogens is 284 g/mol. The third-order valence-corrected chi connectivity index (χ3v) is 6.16. The second-order valence-corrected chi connectivity index (χ2v) is 7.46. The largest absolute Gasteiger partial charge is 0.315 e. The molecule has 112 valence electrons. The minimum Gasteiger partial charge on any atom is -0.315 e. The van der Waals surface area contributed by atoms with Crippen molar-refractivity contribution >= 4 is 20.8 Å². The molecule has 0 saturated carbocycles. The average Bonchev–Trinajstić information content (AvgIpc) is 2.54. The fourth-order valence-electron chi connectivity index (χ4n) is 2.92. The van der Waals surface area contributed by atoms with Crippen molar-refractivity contribution in [1.82, 2.24) is 9.62 Å². The van der Waals surface area contributed by atoms with Gasteiger partial charge in [-0.2, -0.15) is 4.31 Å². The molecule has 1 fully saturated rings. The van der Waals surface area contributed by atoms with Crippen LogP contribution in [0, 0.1) is 0 Å². The van der Waals surface area contributed by atoms with E-state index < -0.39 is 10.0 Å². The molecule has 0 bridgehead atoms. The van der Waals surface area contributed by atoms with E-state index in [0.717, 1.165) is 36.7 Å². The van der Waals surface area contributed by atoms with Gasteiger partial charge in [-0.1, -0.05) is 36.4 Å². The molecule has 2 aromatic rings. The Kier molecular flexibility index (Phi) is 3.97. The maximum atomic E-state index is 12.9. The van der Waals surface area contributed by atoms with Gasteiger partial charge in [-0.3, -0.25) is 0 Å². The molecule has 1 saturated heterocycles. The van der Waals surface area contributed by atoms with Gasteiger partial charge in [0.05, 0.1) is 4.90 Å². The highest BCUT2D eigenvalue weighted by Gasteiger charge is 2.29. The number of nitrogens with one attached hydrogen (secondary N) is 1. The molecular formula is C16H20N2O2S. The van der Waals surface area contributed by atoms with E-state index in [1.165, 1.54) is 4.31 Å². The topological polar surface area (TPSA) is 49.4 Å². The molecule has 4 nitrogen and oxygen atoms in total. The Morgan fingerprint density at radius 1 is 1.14 bits per heavy atom. The van der Waals surface area contributed by atoms with Crippen LogP contribution in [0.1, 0.15) is 12.8 Å². The molecule has 2 aromatic carbocycles. The molecule has 5 heteroatoms. The van der Waals surface area contributed by atoms with Gasteiger partial charge >= 0.3 is 0 Å². The molecule has 0 aliphatic carbocycles. The maximum Gasteiger partial charge on any atom is 0.243 e. The van der Waals surface area contributed by atoms with Gasteiger partial charge in [0.25, 0.3) is 0 Å². The standard InChI is InChI=1S/C16H20N2O2S/c1-18(14-8-5-11-17-12-14)21(19,20)16-10-4-7-13-6-2-3-9-15(13)16/h2-4,6-7,9-10,14,17H,5,8,11-12H2,1H3. The van der Waals surface area contributed by atoms with Crippen LogP contribution in [0.5, 0.6) is 0 Å². The second kappa shape index (κ2) is 5.75. The van der Waals surface area contributed by atoms with E-state index in [1.54, 1.807) is 13.1 Å². The maximum absolute atomic E-state index is 12.9. The number of nitrogens with zero attached hydrogens (tertiary/aromatic N) is 1. The van der Waals surface area contributed by atoms with Crippen LogP contribution >= 0.6 is 0 Å². The van der Waals surface area contributed by atoms with Gasteiger partial charge in [0.15, 0.2) is 0 Å². The lowest BCUT2D eigenvalue weighted by Crippen LogP contribution is -2.46. The summed E-state index contributed by atoms with van der Waals surface area (Å²) in [4.78, 5) is 0.397. The molecule has 1 N–H and O–H groups in total. The molecule has 1 aliphatic rings. The zero-order valence-corrected chi connectivity index (χ0v) is 12.9. The first kappa shape index (κ1) is 14.5. The summed E-state index contributed by atoms with van der Waals surface area (Å²) in [5.41, 5.74) is 0. The highest BCUT2D eigenvalue weighted by atomic mass is 32.2. The molecule has 0 radical (unpaired) electrons. The first-order chi connectivity index (χ1) is 10.1. The zero-order chi connectivity index (χ0) is 14.9. The summed E-state index contributed by atoms with van der Waals surface area (Å²) in [6.45, 7) is 1.69. The Morgan fingerprint density at radius 3 is 2.67 bits per heavy atom. The van der Waals surface area contributed by atoms with E-state index in [9.17, 15) is 8.42 Å². The molecule has 21 heavy (non-hydrogen) atoms. The Morgan fingerprint density at radius 2 is 1.90 bits per heavy atom. The zero-order valence-electron chi connectivity index (χ0n) is 12.1. The molecule has 1 heterocycles. The summed E-state index contributed by atoms with van der Waals surface area (Å²) in [7, 11) is -1.78. The van der Waals surface area contributed by atoms with E-state index in [0.29, 0.717) is 4.90 Å². The molecule has 3 rings (SSSR count). The highest BCUT2D eigenvalue weighted by Crippen LogP contribution is 2.27. The fourth-order valence-corrected chi connectivity index (χ4v) is 4.51. The van der Waals surface area contributed by atoms with Crippen LogP contribution in [0.15, 0.2) is 47.4 Å². The normalized spacial score (nSPS) is 20.0. The lowest BCUT2D eigenvalue weighted by Gasteiger charge is -2.31. The highest BCUT2D eigenvalue weighted by molar-refractivity contribution is 7.89. The summed E-state index contributed by atoms with van der Waals surface area (Å²) in [6, 6.07) is 13.1. The quantitative estimate of drug-likeness (QED) is 0.946. The molecule has 1 unspecified atom stereocenters. The number of hydrogen-bond acceptors (Lipinski definition) is 3. The van der Waals surface area contributed by atoms with E-state index in [-0.39, 0.29) is 6.04 Å². The van der Waals surface area contributed by atoms with E-state index >= 15 is 0 Å². The van der Waals surface area contributed by atoms with Crippen molar-refractivity contribution < 1.29 is 8.42 Å². The SMILES string of the molecule is CN(C1CCCNC1)S(=O)(=O)c1cccc2ccccc12. The lowest BCUT2D eigenvalue weighted by molar-refractivity contribution is 0.300. The van der Waals surface area contributed by atoms with Crippen LogP contribution in [-0.2, 0) is 10.0 Å². The van der Waals surface area contributed by atoms with Gasteiger partial charge in [0.2, 0.25) is 10.0 Å². The predicted molar refractivity (Wildman–Crippen MR) is 84.8 cm³/mol. The van der Waals surface area contributed by atoms with Gasteiger partial charge in [-0.15, -0.1) is 0 Å². The number of benzene rings is 2. The third kappa shape index (κ3) is 2.69. The summed E-state index contributed by atoms with van der Waals surface area (Å²) in [5.74, 6) is 0. The Labute approximate surface area is 125 Å². The molecule has 0 aromatic heterocycles. The minimum absolute atomic E-state index is 0.0303. The van der Waals surface area contributed by atoms with Crippen molar-refractivity contribution in [3.05, 3.63) is 42.5 Å². The van der Waals surface area contributed by atoms with E-state index in [1.807, 2.05) is 36.4 Å². The van der Waals surface area contributed by atoms with Crippen molar-refractivity contribution in [2.75, 3.05) is 20.1 Å². The molecule has 0 spiro atoms. The molecule has 1 aliphatic heterocycles. The van der Waals surface area contributed by atoms with Crippen LogP contribution < -0.4 is 5.32 Å². The number of fused-ring (bicyclic) bond motifs is 1. The van der Waals surface area contributed by atoms with Crippen molar-refractivity contribution in [2.45, 2.75) is 23.8 Å². The fraction of sp³-hybridized carbons (Fsp3) is 0.375. The summed E-state index contributed by atoms with van der Waals surface area (Å²) in [5, 5.41) is 5.01. The van der Waals surface area contributed by atoms with Crippen LogP contribution in [0.2, 0.25) is 0 Å². The Bertz CT molecular complexity index is 732. The first-order valence-corrected chi connectivity index (χ1v) is 8.71. The van der Waals surface area contributed by atoms with Gasteiger partial charge in [0.1, 0.15) is 0 Å². The second-order valence-electron chi connectivity index (χ2n) is 5.50. The molecule has 1 atom stereocenters. The Hall–Kier alpha value is -1.43. The third-order valence-electron chi connectivity index (χ3n) is 4.19. The summed E-state index contributed by atoms with van der Waals surface area (Å²) < 4.78 is 27.4. The van der Waals surface area contributed by atoms with Crippen LogP contribution in [0.3, 0.4) is 0 Å². The van der Waals surface area contributed by atoms with Gasteiger partial charge in [0, 0.05) is 25.0 Å². The first-order valence-electron chi connectivity index (χ1n) is 7.27. The Balaban J connectivity index is 2.03. The van der Waals surface area contributed by atoms with Gasteiger partial charge < -0.3 is 5.32 Å². The van der Waals surface area contributed by atoms with Crippen molar-refractivity contribution in [3.8, 4) is 0 Å². The van der Waals surface area contributed by atoms with Crippen LogP contribution in [0.4, 0.5) is 0 Å². The average molecular weight is 304 g/mol. The van der Waals surface area contributed by atoms with Crippen molar-refractivity contribution in [1.29, 1.82) is 0 Å². The number of likely N-dealkylation sites (N-methyl/N-ethyl adjacent to an activating group) is 1. The minimum atomic E-state index is -3.47. The van der Waals surface area contributed by atoms with Gasteiger partial charge in [-0.05, 0) is 30.8 Å². The number of hydrogen-bond donors (Lipinski definition) is 1. The predicted octanol–water partition coefficient (Wildman–Crippen LogP) is 2.21. The van der Waals surface area contributed by atoms with Crippen molar-refractivity contribution in [3.63, 3.8) is 0 Å².